The minimum atomic E-state index is -0.0795. The van der Waals surface area contributed by atoms with E-state index in [0.29, 0.717) is 24.6 Å². The first-order valence-corrected chi connectivity index (χ1v) is 11.3. The van der Waals surface area contributed by atoms with Crippen molar-refractivity contribution < 1.29 is 14.3 Å². The Morgan fingerprint density at radius 1 is 0.862 bits per heavy atom. The van der Waals surface area contributed by atoms with E-state index >= 15 is 0 Å². The molecule has 5 nitrogen and oxygen atoms in total. The van der Waals surface area contributed by atoms with Gasteiger partial charge >= 0.3 is 0 Å². The summed E-state index contributed by atoms with van der Waals surface area (Å²) in [6.45, 7) is 2.80. The normalized spacial score (nSPS) is 33.5. The van der Waals surface area contributed by atoms with Crippen LogP contribution in [0.4, 0.5) is 0 Å². The summed E-state index contributed by atoms with van der Waals surface area (Å²) in [5.41, 5.74) is 0.607. The van der Waals surface area contributed by atoms with Crippen molar-refractivity contribution in [2.75, 3.05) is 33.3 Å². The van der Waals surface area contributed by atoms with Gasteiger partial charge in [0.15, 0.2) is 0 Å². The molecule has 4 saturated carbocycles. The molecular weight excluding hydrogens is 364 g/mol. The summed E-state index contributed by atoms with van der Waals surface area (Å²) in [6.07, 6.45) is 8.28. The molecule has 2 amide bonds. The van der Waals surface area contributed by atoms with Crippen molar-refractivity contribution in [1.29, 1.82) is 0 Å². The number of methoxy groups -OCH3 is 1. The third-order valence-electron chi connectivity index (χ3n) is 7.90. The lowest BCUT2D eigenvalue weighted by Crippen LogP contribution is -2.55. The first kappa shape index (κ1) is 19.0. The van der Waals surface area contributed by atoms with Gasteiger partial charge in [0, 0.05) is 31.7 Å². The molecule has 6 rings (SSSR count). The Morgan fingerprint density at radius 2 is 1.41 bits per heavy atom. The van der Waals surface area contributed by atoms with E-state index in [-0.39, 0.29) is 11.3 Å². The Kier molecular flexibility index (Phi) is 4.79. The molecule has 1 aromatic carbocycles. The van der Waals surface area contributed by atoms with Crippen molar-refractivity contribution in [1.82, 2.24) is 9.80 Å². The highest BCUT2D eigenvalue weighted by molar-refractivity contribution is 5.94. The van der Waals surface area contributed by atoms with Gasteiger partial charge in [-0.2, -0.15) is 0 Å². The van der Waals surface area contributed by atoms with E-state index in [1.165, 1.54) is 19.3 Å². The predicted octanol–water partition coefficient (Wildman–Crippen LogP) is 3.59. The number of benzene rings is 1. The van der Waals surface area contributed by atoms with E-state index in [4.69, 9.17) is 4.74 Å². The smallest absolute Gasteiger partial charge is 0.253 e. The number of nitrogens with zero attached hydrogens (tertiary/aromatic N) is 2. The molecule has 0 spiro atoms. The van der Waals surface area contributed by atoms with E-state index in [1.807, 2.05) is 29.2 Å². The van der Waals surface area contributed by atoms with Crippen LogP contribution in [0.2, 0.25) is 0 Å². The highest BCUT2D eigenvalue weighted by atomic mass is 16.5. The van der Waals surface area contributed by atoms with Gasteiger partial charge in [0.1, 0.15) is 5.75 Å². The fraction of sp³-hybridized carbons (Fsp3) is 0.667. The van der Waals surface area contributed by atoms with Gasteiger partial charge in [0.05, 0.1) is 12.5 Å². The second kappa shape index (κ2) is 7.33. The zero-order valence-corrected chi connectivity index (χ0v) is 17.4. The van der Waals surface area contributed by atoms with Crippen molar-refractivity contribution in [2.45, 2.75) is 44.9 Å². The van der Waals surface area contributed by atoms with Gasteiger partial charge < -0.3 is 14.5 Å². The molecule has 0 aromatic heterocycles. The minimum absolute atomic E-state index is 0.0526. The first-order chi connectivity index (χ1) is 14.1. The average Bonchev–Trinajstić information content (AvgIpc) is 2.98. The topological polar surface area (TPSA) is 49.9 Å². The fourth-order valence-corrected chi connectivity index (χ4v) is 6.95. The van der Waals surface area contributed by atoms with Crippen LogP contribution in [0.15, 0.2) is 24.3 Å². The van der Waals surface area contributed by atoms with E-state index in [2.05, 4.69) is 4.90 Å². The van der Waals surface area contributed by atoms with Crippen molar-refractivity contribution in [2.24, 2.45) is 23.2 Å². The molecule has 1 aromatic rings. The molecule has 4 bridgehead atoms. The van der Waals surface area contributed by atoms with Crippen LogP contribution in [0.3, 0.4) is 0 Å². The lowest BCUT2D eigenvalue weighted by Gasteiger charge is -2.56. The van der Waals surface area contributed by atoms with E-state index in [9.17, 15) is 9.59 Å². The summed E-state index contributed by atoms with van der Waals surface area (Å²) in [7, 11) is 1.63. The molecule has 0 radical (unpaired) electrons. The van der Waals surface area contributed by atoms with Gasteiger partial charge in [0.25, 0.3) is 5.91 Å². The summed E-state index contributed by atoms with van der Waals surface area (Å²) in [5, 5.41) is 0. The number of rotatable bonds is 3. The summed E-state index contributed by atoms with van der Waals surface area (Å²) in [4.78, 5) is 30.6. The average molecular weight is 397 g/mol. The zero-order chi connectivity index (χ0) is 20.0. The molecule has 0 unspecified atom stereocenters. The van der Waals surface area contributed by atoms with Crippen molar-refractivity contribution in [3.05, 3.63) is 29.8 Å². The Morgan fingerprint density at radius 3 is 2.00 bits per heavy atom. The summed E-state index contributed by atoms with van der Waals surface area (Å²) in [6, 6.07) is 7.30. The van der Waals surface area contributed by atoms with Crippen LogP contribution < -0.4 is 4.74 Å². The summed E-state index contributed by atoms with van der Waals surface area (Å²) in [5.74, 6) is 3.55. The first-order valence-electron chi connectivity index (χ1n) is 11.3. The molecule has 5 aliphatic rings. The number of carbonyl (C=O) groups is 2. The van der Waals surface area contributed by atoms with Gasteiger partial charge in [-0.25, -0.2) is 0 Å². The monoisotopic (exact) mass is 396 g/mol. The second-order valence-corrected chi connectivity index (χ2v) is 9.86. The molecule has 1 saturated heterocycles. The number of hydrogen-bond acceptors (Lipinski definition) is 3. The Balaban J connectivity index is 1.25. The summed E-state index contributed by atoms with van der Waals surface area (Å²) >= 11 is 0. The third kappa shape index (κ3) is 3.43. The maximum Gasteiger partial charge on any atom is 0.253 e. The fourth-order valence-electron chi connectivity index (χ4n) is 6.95. The zero-order valence-electron chi connectivity index (χ0n) is 17.4. The Bertz CT molecular complexity index is 753. The molecule has 1 aliphatic heterocycles. The maximum absolute atomic E-state index is 13.6. The van der Waals surface area contributed by atoms with Gasteiger partial charge in [-0.1, -0.05) is 0 Å². The predicted molar refractivity (Wildman–Crippen MR) is 111 cm³/mol. The molecule has 1 heterocycles. The second-order valence-electron chi connectivity index (χ2n) is 9.86. The number of ether oxygens (including phenoxy) is 1. The molecule has 29 heavy (non-hydrogen) atoms. The van der Waals surface area contributed by atoms with Crippen molar-refractivity contribution >= 4 is 11.8 Å². The van der Waals surface area contributed by atoms with E-state index in [1.54, 1.807) is 7.11 Å². The van der Waals surface area contributed by atoms with Crippen LogP contribution in [-0.4, -0.2) is 54.9 Å². The minimum Gasteiger partial charge on any atom is -0.497 e. The Labute approximate surface area is 173 Å². The van der Waals surface area contributed by atoms with Gasteiger partial charge in [-0.3, -0.25) is 9.59 Å². The maximum atomic E-state index is 13.6. The molecule has 5 fully saturated rings. The molecule has 0 atom stereocenters. The number of carbonyl (C=O) groups excluding carboxylic acids is 2. The van der Waals surface area contributed by atoms with Crippen LogP contribution >= 0.6 is 0 Å². The summed E-state index contributed by atoms with van der Waals surface area (Å²) < 4.78 is 5.19. The highest BCUT2D eigenvalue weighted by Crippen LogP contribution is 2.60. The third-order valence-corrected chi connectivity index (χ3v) is 7.90. The molecule has 156 valence electrons. The van der Waals surface area contributed by atoms with Gasteiger partial charge in [-0.05, 0) is 87.0 Å². The molecule has 5 heteroatoms. The molecular formula is C24H32N2O3. The Hall–Kier alpha value is -2.04. The largest absolute Gasteiger partial charge is 0.497 e. The quantitative estimate of drug-likeness (QED) is 0.785. The van der Waals surface area contributed by atoms with Gasteiger partial charge in [0.2, 0.25) is 5.91 Å². The van der Waals surface area contributed by atoms with Crippen LogP contribution in [0.5, 0.6) is 5.75 Å². The van der Waals surface area contributed by atoms with Gasteiger partial charge in [-0.15, -0.1) is 0 Å². The van der Waals surface area contributed by atoms with Crippen molar-refractivity contribution in [3.63, 3.8) is 0 Å². The van der Waals surface area contributed by atoms with E-state index in [0.717, 1.165) is 62.3 Å². The number of hydrogen-bond donors (Lipinski definition) is 0. The SMILES string of the molecule is COc1ccc(C(=O)N2CCCN(C(=O)C34CC5CC(CC(C5)C3)C4)CC2)cc1. The lowest BCUT2D eigenvalue weighted by molar-refractivity contribution is -0.157. The van der Waals surface area contributed by atoms with Crippen LogP contribution in [0.25, 0.3) is 0 Å². The van der Waals surface area contributed by atoms with E-state index < -0.39 is 0 Å². The number of amides is 2. The van der Waals surface area contributed by atoms with Crippen LogP contribution in [0, 0.1) is 23.2 Å². The van der Waals surface area contributed by atoms with Crippen molar-refractivity contribution in [3.8, 4) is 5.75 Å². The highest BCUT2D eigenvalue weighted by Gasteiger charge is 2.55. The van der Waals surface area contributed by atoms with Crippen LogP contribution in [-0.2, 0) is 4.79 Å². The lowest BCUT2D eigenvalue weighted by atomic mass is 9.49. The molecule has 4 aliphatic carbocycles. The molecule has 0 N–H and O–H groups in total. The van der Waals surface area contributed by atoms with Crippen LogP contribution in [0.1, 0.15) is 55.3 Å². The standard InChI is InChI=1S/C24H32N2O3/c1-29-21-5-3-20(4-6-21)22(27)25-7-2-8-26(10-9-25)23(28)24-14-17-11-18(15-24)13-19(12-17)16-24/h3-6,17-19H,2,7-16H2,1H3.